The number of hydrogen-bond donors (Lipinski definition) is 5. The molecule has 0 radical (unpaired) electrons. The van der Waals surface area contributed by atoms with Gasteiger partial charge < -0.3 is 31.4 Å². The van der Waals surface area contributed by atoms with Crippen molar-refractivity contribution in [2.75, 3.05) is 52.9 Å². The minimum absolute atomic E-state index is 0.0120. The highest BCUT2D eigenvalue weighted by Crippen LogP contribution is 2.19. The van der Waals surface area contributed by atoms with Crippen LogP contribution in [0.5, 0.6) is 0 Å². The molecule has 0 aromatic rings. The maximum absolute atomic E-state index is 11.7. The highest BCUT2D eigenvalue weighted by Gasteiger charge is 2.35. The number of nitrogens with zero attached hydrogens (tertiary/aromatic N) is 2. The van der Waals surface area contributed by atoms with Gasteiger partial charge in [-0.25, -0.2) is 0 Å². The number of likely N-dealkylation sites (N-methyl/N-ethyl adjacent to an activating group) is 1. The molecule has 0 saturated carbocycles. The molecule has 0 aliphatic carbocycles. The van der Waals surface area contributed by atoms with E-state index in [4.69, 9.17) is 0 Å². The van der Waals surface area contributed by atoms with Crippen molar-refractivity contribution in [1.82, 2.24) is 36.4 Å². The smallest absolute Gasteiger partial charge is 0.239 e. The van der Waals surface area contributed by atoms with Crippen molar-refractivity contribution in [3.63, 3.8) is 0 Å². The van der Waals surface area contributed by atoms with Gasteiger partial charge in [0.15, 0.2) is 0 Å². The zero-order valence-electron chi connectivity index (χ0n) is 26.3. The van der Waals surface area contributed by atoms with E-state index < -0.39 is 11.8 Å². The lowest BCUT2D eigenvalue weighted by atomic mass is 10.1. The quantitative estimate of drug-likeness (QED) is 0.0710. The average molecular weight is 626 g/mol. The molecule has 0 bridgehead atoms. The van der Waals surface area contributed by atoms with E-state index in [1.54, 1.807) is 20.9 Å². The molecular weight excluding hydrogens is 578 g/mol. The third-order valence-electron chi connectivity index (χ3n) is 6.20. The number of carbonyl (C=O) groups excluding carboxylic acids is 9. The highest BCUT2D eigenvalue weighted by molar-refractivity contribution is 6.04. The number of likely N-dealkylation sites (tertiary alicyclic amines) is 2. The molecule has 2 rings (SSSR count). The molecule has 2 saturated heterocycles. The summed E-state index contributed by atoms with van der Waals surface area (Å²) in [7, 11) is 1.60. The number of unbranched alkanes of at least 4 members (excludes halogenated alkanes) is 1. The predicted octanol–water partition coefficient (Wildman–Crippen LogP) is -2.16. The fourth-order valence-corrected chi connectivity index (χ4v) is 3.92. The minimum Gasteiger partial charge on any atom is -0.354 e. The van der Waals surface area contributed by atoms with Crippen molar-refractivity contribution in [2.24, 2.45) is 11.8 Å². The van der Waals surface area contributed by atoms with Crippen LogP contribution in [0.15, 0.2) is 0 Å². The van der Waals surface area contributed by atoms with Gasteiger partial charge in [-0.15, -0.1) is 0 Å². The molecule has 16 heteroatoms. The molecule has 248 valence electrons. The Balaban J connectivity index is 0.00000102. The average Bonchev–Trinajstić information content (AvgIpc) is 3.38. The van der Waals surface area contributed by atoms with Gasteiger partial charge in [0.2, 0.25) is 47.3 Å². The summed E-state index contributed by atoms with van der Waals surface area (Å²) < 4.78 is 0. The SMILES string of the molecule is CC.CC1CC(=O)N(CCCC=O)C1=O.CNCC(=O)NCC(=O)NCC(=O)NCCC(=O)NCCN1C(=O)CC(C)C1=O. The van der Waals surface area contributed by atoms with Crippen LogP contribution in [-0.2, 0) is 43.2 Å². The van der Waals surface area contributed by atoms with Crippen LogP contribution in [0.1, 0.15) is 59.8 Å². The van der Waals surface area contributed by atoms with Crippen molar-refractivity contribution < 1.29 is 43.2 Å². The fourth-order valence-electron chi connectivity index (χ4n) is 3.92. The van der Waals surface area contributed by atoms with Crippen molar-refractivity contribution >= 4 is 53.5 Å². The van der Waals surface area contributed by atoms with E-state index in [1.807, 2.05) is 13.8 Å². The summed E-state index contributed by atoms with van der Waals surface area (Å²) in [6.45, 7) is 7.72. The molecule has 2 unspecified atom stereocenters. The van der Waals surface area contributed by atoms with Gasteiger partial charge in [0.05, 0.1) is 19.6 Å². The van der Waals surface area contributed by atoms with Crippen LogP contribution in [0.4, 0.5) is 0 Å². The van der Waals surface area contributed by atoms with Crippen LogP contribution in [-0.4, -0.2) is 116 Å². The van der Waals surface area contributed by atoms with Crippen molar-refractivity contribution in [2.45, 2.75) is 59.8 Å². The van der Waals surface area contributed by atoms with E-state index in [1.165, 1.54) is 4.90 Å². The summed E-state index contributed by atoms with van der Waals surface area (Å²) in [5, 5.41) is 12.4. The standard InChI is InChI=1S/C17H28N6O6.C9H13NO3.C2H6/c1-11-7-16(28)23(17(11)29)6-5-20-12(24)3-4-19-14(26)9-22-15(27)10-21-13(25)8-18-2;1-7-6-8(12)10(9(7)13)4-2-3-5-11;1-2/h11,18H,3-10H2,1-2H3,(H,19,26)(H,20,24)(H,21,25)(H,22,27);5,7H,2-4,6H2,1H3;1-2H3. The normalized spacial score (nSPS) is 17.2. The molecule has 16 nitrogen and oxygen atoms in total. The maximum atomic E-state index is 11.7. The molecule has 0 aromatic heterocycles. The molecule has 8 amide bonds. The van der Waals surface area contributed by atoms with E-state index in [-0.39, 0.29) is 99.4 Å². The molecule has 2 fully saturated rings. The summed E-state index contributed by atoms with van der Waals surface area (Å²) >= 11 is 0. The number of hydrogen-bond acceptors (Lipinski definition) is 10. The molecule has 44 heavy (non-hydrogen) atoms. The topological polar surface area (TPSA) is 220 Å². The molecule has 0 aromatic carbocycles. The van der Waals surface area contributed by atoms with Gasteiger partial charge >= 0.3 is 0 Å². The number of carbonyl (C=O) groups is 9. The number of nitrogens with one attached hydrogen (secondary N) is 5. The number of imide groups is 2. The Labute approximate surface area is 257 Å². The monoisotopic (exact) mass is 625 g/mol. The second kappa shape index (κ2) is 22.3. The Morgan fingerprint density at radius 3 is 1.61 bits per heavy atom. The van der Waals surface area contributed by atoms with Crippen LogP contribution in [0, 0.1) is 11.8 Å². The van der Waals surface area contributed by atoms with Crippen LogP contribution >= 0.6 is 0 Å². The first-order valence-corrected chi connectivity index (χ1v) is 14.7. The Morgan fingerprint density at radius 2 is 1.16 bits per heavy atom. The predicted molar refractivity (Wildman–Crippen MR) is 158 cm³/mol. The van der Waals surface area contributed by atoms with Gasteiger partial charge in [0.25, 0.3) is 0 Å². The van der Waals surface area contributed by atoms with E-state index >= 15 is 0 Å². The third-order valence-corrected chi connectivity index (χ3v) is 6.20. The van der Waals surface area contributed by atoms with Crippen molar-refractivity contribution in [1.29, 1.82) is 0 Å². The highest BCUT2D eigenvalue weighted by atomic mass is 16.2. The fraction of sp³-hybridized carbons (Fsp3) is 0.679. The molecular formula is C28H47N7O9. The van der Waals surface area contributed by atoms with Gasteiger partial charge in [-0.2, -0.15) is 0 Å². The lowest BCUT2D eigenvalue weighted by Crippen LogP contribution is -2.44. The number of amides is 8. The molecule has 2 heterocycles. The number of aldehydes is 1. The van der Waals surface area contributed by atoms with Gasteiger partial charge in [-0.05, 0) is 13.5 Å². The Morgan fingerprint density at radius 1 is 0.705 bits per heavy atom. The van der Waals surface area contributed by atoms with Crippen LogP contribution < -0.4 is 26.6 Å². The Kier molecular flexibility index (Phi) is 20.2. The van der Waals surface area contributed by atoms with Crippen LogP contribution in [0.25, 0.3) is 0 Å². The second-order valence-corrected chi connectivity index (χ2v) is 9.82. The molecule has 0 spiro atoms. The molecule has 2 aliphatic rings. The van der Waals surface area contributed by atoms with Gasteiger partial charge in [0, 0.05) is 63.7 Å². The second-order valence-electron chi connectivity index (χ2n) is 9.82. The summed E-state index contributed by atoms with van der Waals surface area (Å²) in [5.41, 5.74) is 0. The molecule has 2 aliphatic heterocycles. The summed E-state index contributed by atoms with van der Waals surface area (Å²) in [5.74, 6) is -2.85. The third kappa shape index (κ3) is 15.3. The first-order valence-electron chi connectivity index (χ1n) is 14.7. The zero-order valence-corrected chi connectivity index (χ0v) is 26.3. The van der Waals surface area contributed by atoms with E-state index in [2.05, 4.69) is 26.6 Å². The first kappa shape index (κ1) is 39.8. The summed E-state index contributed by atoms with van der Waals surface area (Å²) in [6.07, 6.45) is 2.31. The van der Waals surface area contributed by atoms with Gasteiger partial charge in [0.1, 0.15) is 6.29 Å². The Hall–Kier alpha value is -4.21. The summed E-state index contributed by atoms with van der Waals surface area (Å²) in [4.78, 5) is 104. The van der Waals surface area contributed by atoms with Crippen molar-refractivity contribution in [3.05, 3.63) is 0 Å². The molecule has 2 atom stereocenters. The van der Waals surface area contributed by atoms with Crippen LogP contribution in [0.3, 0.4) is 0 Å². The lowest BCUT2D eigenvalue weighted by molar-refractivity contribution is -0.140. The molecule has 5 N–H and O–H groups in total. The lowest BCUT2D eigenvalue weighted by Gasteiger charge is -2.14. The zero-order chi connectivity index (χ0) is 33.7. The van der Waals surface area contributed by atoms with E-state index in [0.717, 1.165) is 11.2 Å². The minimum atomic E-state index is -0.511. The first-order chi connectivity index (χ1) is 20.9. The number of rotatable bonds is 16. The van der Waals surface area contributed by atoms with Crippen molar-refractivity contribution in [3.8, 4) is 0 Å². The van der Waals surface area contributed by atoms with Gasteiger partial charge in [-0.3, -0.25) is 48.2 Å². The largest absolute Gasteiger partial charge is 0.354 e. The van der Waals surface area contributed by atoms with E-state index in [9.17, 15) is 43.2 Å². The van der Waals surface area contributed by atoms with Gasteiger partial charge in [-0.1, -0.05) is 27.7 Å². The van der Waals surface area contributed by atoms with Crippen LogP contribution in [0.2, 0.25) is 0 Å². The van der Waals surface area contributed by atoms with E-state index in [0.29, 0.717) is 25.8 Å². The maximum Gasteiger partial charge on any atom is 0.239 e. The Bertz CT molecular complexity index is 1030. The summed E-state index contributed by atoms with van der Waals surface area (Å²) in [6, 6.07) is 0.